The van der Waals surface area contributed by atoms with E-state index in [9.17, 15) is 18.4 Å². The van der Waals surface area contributed by atoms with Crippen LogP contribution in [0.4, 0.5) is 30.2 Å². The van der Waals surface area contributed by atoms with E-state index in [0.29, 0.717) is 38.7 Å². The second kappa shape index (κ2) is 11.2. The van der Waals surface area contributed by atoms with E-state index in [1.807, 2.05) is 30.3 Å². The van der Waals surface area contributed by atoms with Crippen LogP contribution in [0.5, 0.6) is 0 Å². The maximum absolute atomic E-state index is 13.7. The monoisotopic (exact) mass is 567 g/mol. The van der Waals surface area contributed by atoms with Crippen molar-refractivity contribution < 1.29 is 13.2 Å². The van der Waals surface area contributed by atoms with Crippen LogP contribution in [0.15, 0.2) is 73.1 Å². The van der Waals surface area contributed by atoms with Gasteiger partial charge < -0.3 is 10.6 Å². The maximum atomic E-state index is 13.7. The Morgan fingerprint density at radius 2 is 1.77 bits per heavy atom. The highest BCUT2D eigenvalue weighted by atomic mass is 35.5. The number of halogens is 5. The first-order valence-corrected chi connectivity index (χ1v) is 12.3. The zero-order valence-corrected chi connectivity index (χ0v) is 21.4. The molecule has 0 radical (unpaired) electrons. The summed E-state index contributed by atoms with van der Waals surface area (Å²) in [6, 6.07) is 18.4. The molecule has 0 bridgehead atoms. The molecule has 0 aliphatic rings. The minimum atomic E-state index is -2.58. The van der Waals surface area contributed by atoms with Gasteiger partial charge in [-0.1, -0.05) is 58.7 Å². The average Bonchev–Trinajstić information content (AvgIpc) is 3.37. The van der Waals surface area contributed by atoms with Crippen LogP contribution in [0.3, 0.4) is 0 Å². The molecule has 0 amide bonds. The number of benzene rings is 3. The third-order valence-corrected chi connectivity index (χ3v) is 6.43. The number of anilines is 3. The van der Waals surface area contributed by atoms with E-state index >= 15 is 0 Å². The fourth-order valence-corrected chi connectivity index (χ4v) is 4.55. The number of nitriles is 1. The quantitative estimate of drug-likeness (QED) is 0.203. The summed E-state index contributed by atoms with van der Waals surface area (Å²) in [5, 5.41) is 24.9. The summed E-state index contributed by atoms with van der Waals surface area (Å²) < 4.78 is 40.6. The largest absolute Gasteiger partial charge is 0.373 e. The van der Waals surface area contributed by atoms with Gasteiger partial charge in [-0.3, -0.25) is 4.98 Å². The average molecular weight is 568 g/mol. The van der Waals surface area contributed by atoms with Gasteiger partial charge in [0.2, 0.25) is 0 Å². The lowest BCUT2D eigenvalue weighted by atomic mass is 10.0. The molecule has 0 aliphatic heterocycles. The van der Waals surface area contributed by atoms with Crippen molar-refractivity contribution in [1.82, 2.24) is 20.0 Å². The van der Waals surface area contributed by atoms with Crippen molar-refractivity contribution >= 4 is 51.2 Å². The summed E-state index contributed by atoms with van der Waals surface area (Å²) in [6.45, 7) is -0.582. The molecule has 0 saturated carbocycles. The van der Waals surface area contributed by atoms with Crippen molar-refractivity contribution in [3.8, 4) is 6.07 Å². The standard InChI is InChI=1S/C27H18Cl2F3N7/c28-20-9-17(6-7-22(20)30)35-25-16(11-33)12-34-27-19(25)8-18(10-21(27)29)36-26(15-4-2-1-3-5-15)23-13-39(38-37-23)14-24(31)32/h1-10,12-13,24,26,36H,14H2,(H,34,35). The summed E-state index contributed by atoms with van der Waals surface area (Å²) in [6.07, 6.45) is 0.272. The lowest BCUT2D eigenvalue weighted by Gasteiger charge is -2.20. The molecular weight excluding hydrogens is 550 g/mol. The molecule has 0 saturated heterocycles. The number of hydrogen-bond acceptors (Lipinski definition) is 6. The van der Waals surface area contributed by atoms with Gasteiger partial charge in [0.1, 0.15) is 24.1 Å². The minimum Gasteiger partial charge on any atom is -0.373 e. The molecule has 0 fully saturated rings. The lowest BCUT2D eigenvalue weighted by Crippen LogP contribution is -2.13. The van der Waals surface area contributed by atoms with E-state index < -0.39 is 24.8 Å². The number of alkyl halides is 2. The maximum Gasteiger partial charge on any atom is 0.257 e. The number of fused-ring (bicyclic) bond motifs is 1. The first-order chi connectivity index (χ1) is 18.8. The second-order valence-electron chi connectivity index (χ2n) is 8.51. The van der Waals surface area contributed by atoms with Gasteiger partial charge in [-0.05, 0) is 35.9 Å². The number of hydrogen-bond donors (Lipinski definition) is 2. The molecule has 1 atom stereocenters. The molecule has 0 aliphatic carbocycles. The fraction of sp³-hybridized carbons (Fsp3) is 0.111. The highest BCUT2D eigenvalue weighted by Gasteiger charge is 2.21. The van der Waals surface area contributed by atoms with Crippen LogP contribution in [0.25, 0.3) is 10.9 Å². The minimum absolute atomic E-state index is 0.0807. The van der Waals surface area contributed by atoms with Gasteiger partial charge in [-0.15, -0.1) is 5.10 Å². The molecule has 2 N–H and O–H groups in total. The van der Waals surface area contributed by atoms with E-state index in [-0.39, 0.29) is 10.6 Å². The first kappa shape index (κ1) is 26.3. The zero-order valence-electron chi connectivity index (χ0n) is 19.9. The van der Waals surface area contributed by atoms with E-state index in [2.05, 4.69) is 32.0 Å². The fourth-order valence-electron chi connectivity index (χ4n) is 4.10. The third kappa shape index (κ3) is 5.74. The van der Waals surface area contributed by atoms with Crippen molar-refractivity contribution in [2.45, 2.75) is 19.0 Å². The molecule has 5 aromatic rings. The van der Waals surface area contributed by atoms with Crippen LogP contribution < -0.4 is 10.6 Å². The Kier molecular flexibility index (Phi) is 7.54. The Balaban J connectivity index is 1.59. The van der Waals surface area contributed by atoms with E-state index in [1.54, 1.807) is 12.1 Å². The van der Waals surface area contributed by atoms with Gasteiger partial charge in [-0.2, -0.15) is 5.26 Å². The number of pyridine rings is 1. The summed E-state index contributed by atoms with van der Waals surface area (Å²) in [4.78, 5) is 4.35. The smallest absolute Gasteiger partial charge is 0.257 e. The highest BCUT2D eigenvalue weighted by molar-refractivity contribution is 6.36. The Labute approximate surface area is 230 Å². The Bertz CT molecular complexity index is 1690. The number of rotatable bonds is 8. The first-order valence-electron chi connectivity index (χ1n) is 11.6. The molecule has 1 unspecified atom stereocenters. The van der Waals surface area contributed by atoms with Crippen LogP contribution in [-0.4, -0.2) is 26.4 Å². The zero-order chi connectivity index (χ0) is 27.5. The van der Waals surface area contributed by atoms with E-state index in [0.717, 1.165) is 10.2 Å². The third-order valence-electron chi connectivity index (χ3n) is 5.86. The normalized spacial score (nSPS) is 11.9. The molecule has 2 aromatic heterocycles. The van der Waals surface area contributed by atoms with E-state index in [4.69, 9.17) is 23.2 Å². The molecule has 0 spiro atoms. The van der Waals surface area contributed by atoms with Gasteiger partial charge in [0.15, 0.2) is 0 Å². The predicted molar refractivity (Wildman–Crippen MR) is 144 cm³/mol. The summed E-state index contributed by atoms with van der Waals surface area (Å²) >= 11 is 12.6. The Hall–Kier alpha value is -4.33. The molecule has 5 rings (SSSR count). The second-order valence-corrected chi connectivity index (χ2v) is 9.33. The lowest BCUT2D eigenvalue weighted by molar-refractivity contribution is 0.121. The summed E-state index contributed by atoms with van der Waals surface area (Å²) in [7, 11) is 0. The van der Waals surface area contributed by atoms with Crippen molar-refractivity contribution in [3.05, 3.63) is 106 Å². The molecule has 7 nitrogen and oxygen atoms in total. The number of nitrogens with zero attached hydrogens (tertiary/aromatic N) is 5. The van der Waals surface area contributed by atoms with Crippen LogP contribution in [0.2, 0.25) is 10.0 Å². The number of nitrogens with one attached hydrogen (secondary N) is 2. The van der Waals surface area contributed by atoms with Crippen molar-refractivity contribution in [1.29, 1.82) is 5.26 Å². The van der Waals surface area contributed by atoms with Crippen molar-refractivity contribution in [3.63, 3.8) is 0 Å². The van der Waals surface area contributed by atoms with Gasteiger partial charge in [0, 0.05) is 23.0 Å². The Morgan fingerprint density at radius 1 is 1.00 bits per heavy atom. The highest BCUT2D eigenvalue weighted by Crippen LogP contribution is 2.37. The van der Waals surface area contributed by atoms with Gasteiger partial charge in [0.05, 0.1) is 39.1 Å². The van der Waals surface area contributed by atoms with Crippen LogP contribution in [0, 0.1) is 17.1 Å². The van der Waals surface area contributed by atoms with Crippen LogP contribution in [0.1, 0.15) is 22.9 Å². The van der Waals surface area contributed by atoms with Crippen LogP contribution in [-0.2, 0) is 6.54 Å². The predicted octanol–water partition coefficient (Wildman–Crippen LogP) is 7.35. The summed E-state index contributed by atoms with van der Waals surface area (Å²) in [5.41, 5.74) is 3.28. The summed E-state index contributed by atoms with van der Waals surface area (Å²) in [5.74, 6) is -0.575. The van der Waals surface area contributed by atoms with E-state index in [1.165, 1.54) is 30.6 Å². The molecule has 196 valence electrons. The SMILES string of the molecule is N#Cc1cnc2c(Cl)cc(NC(c3ccccc3)c3cn(CC(F)F)nn3)cc2c1Nc1ccc(F)c(Cl)c1. The number of aromatic nitrogens is 4. The molecule has 2 heterocycles. The molecule has 3 aromatic carbocycles. The Morgan fingerprint density at radius 3 is 2.49 bits per heavy atom. The van der Waals surface area contributed by atoms with Crippen molar-refractivity contribution in [2.75, 3.05) is 10.6 Å². The molecule has 39 heavy (non-hydrogen) atoms. The molecule has 12 heteroatoms. The van der Waals surface area contributed by atoms with Crippen LogP contribution >= 0.6 is 23.2 Å². The van der Waals surface area contributed by atoms with Gasteiger partial charge in [-0.25, -0.2) is 17.9 Å². The molecular formula is C27H18Cl2F3N7. The van der Waals surface area contributed by atoms with Gasteiger partial charge >= 0.3 is 0 Å². The topological polar surface area (TPSA) is 91.5 Å². The van der Waals surface area contributed by atoms with Gasteiger partial charge in [0.25, 0.3) is 6.43 Å². The van der Waals surface area contributed by atoms with Crippen molar-refractivity contribution in [2.24, 2.45) is 0 Å².